The zero-order valence-corrected chi connectivity index (χ0v) is 21.2. The number of piperidine rings is 1. The van der Waals surface area contributed by atoms with Crippen molar-refractivity contribution in [3.8, 4) is 11.8 Å². The number of nitrogens with two attached hydrogens (primary N) is 1. The van der Waals surface area contributed by atoms with Crippen molar-refractivity contribution in [3.05, 3.63) is 87.5 Å². The van der Waals surface area contributed by atoms with Gasteiger partial charge in [0.15, 0.2) is 17.4 Å². The molecule has 2 N–H and O–H groups in total. The molecule has 1 aliphatic rings. The van der Waals surface area contributed by atoms with E-state index in [1.165, 1.54) is 24.1 Å². The van der Waals surface area contributed by atoms with Crippen molar-refractivity contribution in [2.24, 2.45) is 5.73 Å². The Balaban J connectivity index is 1.66. The van der Waals surface area contributed by atoms with Crippen LogP contribution in [0.1, 0.15) is 34.3 Å². The Labute approximate surface area is 222 Å². The van der Waals surface area contributed by atoms with Crippen LogP contribution < -0.4 is 20.9 Å². The van der Waals surface area contributed by atoms with Crippen LogP contribution in [0.2, 0.25) is 0 Å². The van der Waals surface area contributed by atoms with Gasteiger partial charge < -0.3 is 19.9 Å². The molecular weight excluding hydrogens is 506 g/mol. The van der Waals surface area contributed by atoms with E-state index < -0.39 is 17.2 Å². The van der Waals surface area contributed by atoms with Crippen molar-refractivity contribution in [2.45, 2.75) is 32.0 Å². The quantitative estimate of drug-likeness (QED) is 0.363. The van der Waals surface area contributed by atoms with Crippen LogP contribution in [0.4, 0.5) is 14.6 Å². The molecule has 0 radical (unpaired) electrons. The molecule has 2 aromatic carbocycles. The van der Waals surface area contributed by atoms with Crippen LogP contribution in [-0.4, -0.2) is 46.1 Å². The number of halogens is 2. The number of nitrogens with zero attached hydrogens (tertiary/aromatic N) is 5. The fourth-order valence-corrected chi connectivity index (χ4v) is 5.02. The van der Waals surface area contributed by atoms with Crippen LogP contribution in [0.25, 0.3) is 11.0 Å². The second-order valence-corrected chi connectivity index (χ2v) is 9.52. The van der Waals surface area contributed by atoms with Crippen molar-refractivity contribution in [3.63, 3.8) is 0 Å². The van der Waals surface area contributed by atoms with Gasteiger partial charge >= 0.3 is 0 Å². The monoisotopic (exact) mass is 532 g/mol. The average Bonchev–Trinajstić information content (AvgIpc) is 3.25. The van der Waals surface area contributed by atoms with E-state index in [0.717, 1.165) is 25.0 Å². The normalized spacial score (nSPS) is 15.4. The Hall–Kier alpha value is -4.56. The van der Waals surface area contributed by atoms with E-state index in [-0.39, 0.29) is 41.5 Å². The van der Waals surface area contributed by atoms with Gasteiger partial charge in [-0.25, -0.2) is 13.8 Å². The summed E-state index contributed by atoms with van der Waals surface area (Å²) in [6.07, 6.45) is 2.85. The SMILES string of the molecule is COc1cccc(C(=O)Cn2cnc3c(C#N)c(N4CCCC(N)C4)n(Cc4ccc(F)c(F)c4)c3c2=O)c1. The summed E-state index contributed by atoms with van der Waals surface area (Å²) >= 11 is 0. The Morgan fingerprint density at radius 2 is 2.05 bits per heavy atom. The van der Waals surface area contributed by atoms with Crippen molar-refractivity contribution < 1.29 is 18.3 Å². The summed E-state index contributed by atoms with van der Waals surface area (Å²) in [6, 6.07) is 12.1. The Kier molecular flexibility index (Phi) is 7.13. The highest BCUT2D eigenvalue weighted by Gasteiger charge is 2.29. The summed E-state index contributed by atoms with van der Waals surface area (Å²) in [6.45, 7) is 0.725. The van der Waals surface area contributed by atoms with Crippen molar-refractivity contribution in [1.29, 1.82) is 5.26 Å². The molecule has 1 fully saturated rings. The average molecular weight is 533 g/mol. The summed E-state index contributed by atoms with van der Waals surface area (Å²) in [4.78, 5) is 33.2. The summed E-state index contributed by atoms with van der Waals surface area (Å²) in [5.41, 5.74) is 6.87. The van der Waals surface area contributed by atoms with Gasteiger partial charge in [0, 0.05) is 31.2 Å². The molecular formula is C28H26F2N6O3. The Bertz CT molecular complexity index is 1670. The fraction of sp³-hybridized carbons (Fsp3) is 0.286. The van der Waals surface area contributed by atoms with Crippen LogP contribution in [-0.2, 0) is 13.1 Å². The van der Waals surface area contributed by atoms with E-state index in [4.69, 9.17) is 10.5 Å². The van der Waals surface area contributed by atoms with Gasteiger partial charge in [-0.15, -0.1) is 0 Å². The number of hydrogen-bond donors (Lipinski definition) is 1. The third kappa shape index (κ3) is 4.98. The van der Waals surface area contributed by atoms with E-state index >= 15 is 0 Å². The first kappa shape index (κ1) is 26.1. The maximum Gasteiger partial charge on any atom is 0.278 e. The van der Waals surface area contributed by atoms with Crippen LogP contribution in [0.5, 0.6) is 5.75 Å². The Morgan fingerprint density at radius 1 is 1.23 bits per heavy atom. The molecule has 9 nitrogen and oxygen atoms in total. The summed E-state index contributed by atoms with van der Waals surface area (Å²) < 4.78 is 35.7. The minimum Gasteiger partial charge on any atom is -0.497 e. The Morgan fingerprint density at radius 3 is 2.77 bits per heavy atom. The molecule has 4 aromatic rings. The van der Waals surface area contributed by atoms with Gasteiger partial charge in [0.25, 0.3) is 5.56 Å². The topological polar surface area (TPSA) is 119 Å². The number of ketones is 1. The number of nitriles is 1. The molecule has 3 heterocycles. The maximum atomic E-state index is 14.1. The number of carbonyl (C=O) groups excluding carboxylic acids is 1. The van der Waals surface area contributed by atoms with E-state index in [1.807, 2.05) is 4.90 Å². The molecule has 1 aliphatic heterocycles. The summed E-state index contributed by atoms with van der Waals surface area (Å²) in [5, 5.41) is 10.1. The molecule has 39 heavy (non-hydrogen) atoms. The number of benzene rings is 2. The number of aromatic nitrogens is 3. The molecule has 200 valence electrons. The highest BCUT2D eigenvalue weighted by molar-refractivity contribution is 5.96. The number of ether oxygens (including phenoxy) is 1. The molecule has 0 bridgehead atoms. The van der Waals surface area contributed by atoms with Gasteiger partial charge in [-0.05, 0) is 42.7 Å². The number of Topliss-reactive ketones (excluding diaryl/α,β-unsaturated/α-hetero) is 1. The number of hydrogen-bond acceptors (Lipinski definition) is 7. The number of carbonyl (C=O) groups is 1. The second-order valence-electron chi connectivity index (χ2n) is 9.52. The molecule has 5 rings (SSSR count). The standard InChI is InChI=1S/C28H26F2N6O3/c1-39-20-6-2-4-18(11-20)24(37)15-35-16-33-25-21(12-31)27(34-9-3-5-19(32)14-34)36(26(25)28(35)38)13-17-7-8-22(29)23(30)10-17/h2,4,6-8,10-11,16,19H,3,5,9,13-15,32H2,1H3. The van der Waals surface area contributed by atoms with Crippen LogP contribution >= 0.6 is 0 Å². The van der Waals surface area contributed by atoms with E-state index in [2.05, 4.69) is 11.1 Å². The first-order chi connectivity index (χ1) is 18.8. The molecule has 1 unspecified atom stereocenters. The lowest BCUT2D eigenvalue weighted by Gasteiger charge is -2.33. The van der Waals surface area contributed by atoms with Crippen molar-refractivity contribution in [1.82, 2.24) is 14.1 Å². The summed E-state index contributed by atoms with van der Waals surface area (Å²) in [5.74, 6) is -1.40. The third-order valence-corrected chi connectivity index (χ3v) is 6.90. The highest BCUT2D eigenvalue weighted by Crippen LogP contribution is 2.32. The molecule has 0 saturated carbocycles. The molecule has 11 heteroatoms. The minimum atomic E-state index is -1.02. The molecule has 2 aromatic heterocycles. The predicted molar refractivity (Wildman–Crippen MR) is 141 cm³/mol. The van der Waals surface area contributed by atoms with Crippen molar-refractivity contribution in [2.75, 3.05) is 25.1 Å². The van der Waals surface area contributed by atoms with Gasteiger partial charge in [-0.3, -0.25) is 14.2 Å². The fourth-order valence-electron chi connectivity index (χ4n) is 5.02. The van der Waals surface area contributed by atoms with Gasteiger partial charge in [-0.2, -0.15) is 5.26 Å². The van der Waals surface area contributed by atoms with E-state index in [1.54, 1.807) is 28.8 Å². The van der Waals surface area contributed by atoms with Crippen LogP contribution in [0.3, 0.4) is 0 Å². The lowest BCUT2D eigenvalue weighted by Crippen LogP contribution is -2.44. The van der Waals surface area contributed by atoms with E-state index in [9.17, 15) is 23.6 Å². The highest BCUT2D eigenvalue weighted by atomic mass is 19.2. The number of rotatable bonds is 7. The second kappa shape index (κ2) is 10.7. The maximum absolute atomic E-state index is 14.1. The first-order valence-electron chi connectivity index (χ1n) is 12.4. The van der Waals surface area contributed by atoms with Gasteiger partial charge in [0.05, 0.1) is 20.0 Å². The number of anilines is 1. The summed E-state index contributed by atoms with van der Waals surface area (Å²) in [7, 11) is 1.49. The largest absolute Gasteiger partial charge is 0.497 e. The molecule has 1 saturated heterocycles. The minimum absolute atomic E-state index is 0.0266. The predicted octanol–water partition coefficient (Wildman–Crippen LogP) is 3.22. The van der Waals surface area contributed by atoms with Crippen LogP contribution in [0, 0.1) is 23.0 Å². The van der Waals surface area contributed by atoms with Gasteiger partial charge in [-0.1, -0.05) is 18.2 Å². The lowest BCUT2D eigenvalue weighted by atomic mass is 10.1. The third-order valence-electron chi connectivity index (χ3n) is 6.90. The smallest absolute Gasteiger partial charge is 0.278 e. The zero-order chi connectivity index (χ0) is 27.7. The first-order valence-corrected chi connectivity index (χ1v) is 12.4. The van der Waals surface area contributed by atoms with Gasteiger partial charge in [0.1, 0.15) is 34.2 Å². The molecule has 0 amide bonds. The van der Waals surface area contributed by atoms with Crippen LogP contribution in [0.15, 0.2) is 53.6 Å². The number of methoxy groups -OCH3 is 1. The molecule has 0 aliphatic carbocycles. The number of fused-ring (bicyclic) bond motifs is 1. The molecule has 0 spiro atoms. The van der Waals surface area contributed by atoms with E-state index in [0.29, 0.717) is 35.8 Å². The van der Waals surface area contributed by atoms with Crippen molar-refractivity contribution >= 4 is 22.6 Å². The lowest BCUT2D eigenvalue weighted by molar-refractivity contribution is 0.0970. The molecule has 1 atom stereocenters. The zero-order valence-electron chi connectivity index (χ0n) is 21.2. The van der Waals surface area contributed by atoms with Gasteiger partial charge in [0.2, 0.25) is 0 Å².